The first kappa shape index (κ1) is 19.9. The van der Waals surface area contributed by atoms with Crippen LogP contribution in [0.4, 0.5) is 4.39 Å². The van der Waals surface area contributed by atoms with E-state index >= 15 is 4.39 Å². The van der Waals surface area contributed by atoms with Gasteiger partial charge in [-0.25, -0.2) is 4.39 Å². The van der Waals surface area contributed by atoms with Crippen molar-refractivity contribution in [2.45, 2.75) is 57.9 Å². The Bertz CT molecular complexity index is 790. The predicted octanol–water partition coefficient (Wildman–Crippen LogP) is 1.75. The largest absolute Gasteiger partial charge is 0.393 e. The molecular formula is C22H29FO5. The van der Waals surface area contributed by atoms with Crippen LogP contribution in [0, 0.1) is 34.5 Å². The first-order valence-electron chi connectivity index (χ1n) is 10.1. The Morgan fingerprint density at radius 3 is 2.64 bits per heavy atom. The zero-order chi connectivity index (χ0) is 20.6. The third-order valence-electron chi connectivity index (χ3n) is 8.63. The molecule has 4 aliphatic carbocycles. The van der Waals surface area contributed by atoms with Gasteiger partial charge in [-0.15, -0.1) is 0 Å². The Kier molecular flexibility index (Phi) is 4.32. The minimum atomic E-state index is -1.74. The molecular weight excluding hydrogens is 363 g/mol. The van der Waals surface area contributed by atoms with Gasteiger partial charge < -0.3 is 15.3 Å². The summed E-state index contributed by atoms with van der Waals surface area (Å²) in [6.07, 6.45) is 3.29. The minimum absolute atomic E-state index is 0.154. The van der Waals surface area contributed by atoms with E-state index in [2.05, 4.69) is 0 Å². The van der Waals surface area contributed by atoms with Gasteiger partial charge in [0.05, 0.1) is 6.10 Å². The second kappa shape index (κ2) is 6.07. The molecule has 0 amide bonds. The highest BCUT2D eigenvalue weighted by atomic mass is 19.1. The highest BCUT2D eigenvalue weighted by Gasteiger charge is 2.71. The Hall–Kier alpha value is -1.37. The number of Topliss-reactive ketones (excluding diaryl/α,β-unsaturated/α-hetero) is 1. The lowest BCUT2D eigenvalue weighted by molar-refractivity contribution is -0.185. The maximum absolute atomic E-state index is 15.2. The summed E-state index contributed by atoms with van der Waals surface area (Å²) in [5, 5.41) is 32.1. The summed E-state index contributed by atoms with van der Waals surface area (Å²) >= 11 is 0. The summed E-state index contributed by atoms with van der Waals surface area (Å²) in [6, 6.07) is 0. The lowest BCUT2D eigenvalue weighted by atomic mass is 9.46. The zero-order valence-corrected chi connectivity index (χ0v) is 16.6. The summed E-state index contributed by atoms with van der Waals surface area (Å²) < 4.78 is 15.2. The standard InChI is InChI=1S/C22H29FO5/c1-11-6-14-13-8-16(23)15-7-12(25)4-5-20(15,2)19(13)17(26)9-21(14,3)22(11,28)18(27)10-24/h4-5,7,11,13-14,16-17,19,24,26,28H,6,8-10H2,1-3H3/t11-,13-,14-,16-,17+,19+,20-,21-,22+/m0/s1. The second-order valence-corrected chi connectivity index (χ2v) is 9.79. The van der Waals surface area contributed by atoms with Gasteiger partial charge in [0, 0.05) is 16.7 Å². The van der Waals surface area contributed by atoms with Crippen LogP contribution in [0.5, 0.6) is 0 Å². The fourth-order valence-corrected chi connectivity index (χ4v) is 7.38. The quantitative estimate of drug-likeness (QED) is 0.666. The monoisotopic (exact) mass is 392 g/mol. The average Bonchev–Trinajstić information content (AvgIpc) is 2.83. The van der Waals surface area contributed by atoms with E-state index in [0.717, 1.165) is 0 Å². The molecule has 0 aromatic carbocycles. The fraction of sp³-hybridized carbons (Fsp3) is 0.727. The van der Waals surface area contributed by atoms with Gasteiger partial charge in [0.15, 0.2) is 11.6 Å². The summed E-state index contributed by atoms with van der Waals surface area (Å²) in [4.78, 5) is 24.4. The van der Waals surface area contributed by atoms with E-state index < -0.39 is 41.1 Å². The third-order valence-corrected chi connectivity index (χ3v) is 8.63. The number of carbonyl (C=O) groups excluding carboxylic acids is 2. The number of aliphatic hydroxyl groups is 3. The van der Waals surface area contributed by atoms with Gasteiger partial charge in [-0.1, -0.05) is 26.8 Å². The van der Waals surface area contributed by atoms with Crippen LogP contribution < -0.4 is 0 Å². The minimum Gasteiger partial charge on any atom is -0.393 e. The van der Waals surface area contributed by atoms with E-state index in [1.807, 2.05) is 6.92 Å². The van der Waals surface area contributed by atoms with Crippen molar-refractivity contribution in [2.75, 3.05) is 6.61 Å². The van der Waals surface area contributed by atoms with Gasteiger partial charge in [-0.2, -0.15) is 0 Å². The summed E-state index contributed by atoms with van der Waals surface area (Å²) in [6.45, 7) is 4.71. The van der Waals surface area contributed by atoms with Crippen molar-refractivity contribution >= 4 is 11.6 Å². The van der Waals surface area contributed by atoms with Crippen molar-refractivity contribution in [1.29, 1.82) is 0 Å². The SMILES string of the molecule is C[C@H]1C[C@H]2[C@@H]3C[C@H](F)C4=CC(=O)C=C[C@]4(C)[C@H]3[C@H](O)C[C@]2(C)[C@]1(O)C(=O)CO. The molecule has 0 unspecified atom stereocenters. The lowest BCUT2D eigenvalue weighted by Gasteiger charge is -2.60. The maximum Gasteiger partial charge on any atom is 0.190 e. The smallest absolute Gasteiger partial charge is 0.190 e. The van der Waals surface area contributed by atoms with Crippen molar-refractivity contribution in [2.24, 2.45) is 34.5 Å². The van der Waals surface area contributed by atoms with Gasteiger partial charge in [0.25, 0.3) is 0 Å². The summed E-state index contributed by atoms with van der Waals surface area (Å²) in [5.41, 5.74) is -3.00. The van der Waals surface area contributed by atoms with Crippen molar-refractivity contribution in [1.82, 2.24) is 0 Å². The normalized spacial score (nSPS) is 52.5. The van der Waals surface area contributed by atoms with Crippen molar-refractivity contribution < 1.29 is 29.3 Å². The summed E-state index contributed by atoms with van der Waals surface area (Å²) in [5.74, 6) is -1.92. The zero-order valence-electron chi connectivity index (χ0n) is 16.6. The number of allylic oxidation sites excluding steroid dienone is 4. The van der Waals surface area contributed by atoms with Crippen LogP contribution in [0.15, 0.2) is 23.8 Å². The molecule has 3 fully saturated rings. The van der Waals surface area contributed by atoms with Crippen LogP contribution in [0.1, 0.15) is 40.0 Å². The predicted molar refractivity (Wildman–Crippen MR) is 99.9 cm³/mol. The van der Waals surface area contributed by atoms with Gasteiger partial charge in [0.2, 0.25) is 0 Å². The molecule has 3 saturated carbocycles. The van der Waals surface area contributed by atoms with Gasteiger partial charge in [-0.05, 0) is 54.7 Å². The van der Waals surface area contributed by atoms with Gasteiger partial charge >= 0.3 is 0 Å². The summed E-state index contributed by atoms with van der Waals surface area (Å²) in [7, 11) is 0. The van der Waals surface area contributed by atoms with E-state index in [4.69, 9.17) is 0 Å². The van der Waals surface area contributed by atoms with Gasteiger partial charge in [-0.3, -0.25) is 9.59 Å². The van der Waals surface area contributed by atoms with E-state index in [1.165, 1.54) is 12.2 Å². The Labute approximate surface area is 164 Å². The highest BCUT2D eigenvalue weighted by molar-refractivity contribution is 6.01. The number of fused-ring (bicyclic) bond motifs is 5. The number of hydrogen-bond donors (Lipinski definition) is 3. The molecule has 5 nitrogen and oxygen atoms in total. The molecule has 3 N–H and O–H groups in total. The van der Waals surface area contributed by atoms with Crippen molar-refractivity contribution in [3.05, 3.63) is 23.8 Å². The number of halogens is 1. The number of aliphatic hydroxyl groups excluding tert-OH is 2. The lowest BCUT2D eigenvalue weighted by Crippen LogP contribution is -2.63. The Balaban J connectivity index is 1.81. The van der Waals surface area contributed by atoms with Gasteiger partial charge in [0.1, 0.15) is 18.4 Å². The number of rotatable bonds is 2. The molecule has 6 heteroatoms. The Morgan fingerprint density at radius 1 is 1.32 bits per heavy atom. The highest BCUT2D eigenvalue weighted by Crippen LogP contribution is 2.68. The number of carbonyl (C=O) groups is 2. The molecule has 0 bridgehead atoms. The molecule has 0 aromatic heterocycles. The average molecular weight is 392 g/mol. The van der Waals surface area contributed by atoms with Crippen LogP contribution in [0.25, 0.3) is 0 Å². The van der Waals surface area contributed by atoms with Crippen LogP contribution in [-0.4, -0.2) is 51.4 Å². The third kappa shape index (κ3) is 2.22. The molecule has 4 rings (SSSR count). The number of hydrogen-bond acceptors (Lipinski definition) is 5. The van der Waals surface area contributed by atoms with E-state index in [9.17, 15) is 24.9 Å². The number of alkyl halides is 1. The molecule has 4 aliphatic rings. The molecule has 9 atom stereocenters. The van der Waals surface area contributed by atoms with Crippen molar-refractivity contribution in [3.8, 4) is 0 Å². The first-order valence-corrected chi connectivity index (χ1v) is 10.1. The molecule has 0 aromatic rings. The molecule has 154 valence electrons. The molecule has 28 heavy (non-hydrogen) atoms. The molecule has 0 aliphatic heterocycles. The molecule has 0 saturated heterocycles. The second-order valence-electron chi connectivity index (χ2n) is 9.79. The van der Waals surface area contributed by atoms with Crippen LogP contribution in [0.3, 0.4) is 0 Å². The molecule has 0 heterocycles. The Morgan fingerprint density at radius 2 is 2.00 bits per heavy atom. The number of ketones is 2. The van der Waals surface area contributed by atoms with E-state index in [-0.39, 0.29) is 42.3 Å². The maximum atomic E-state index is 15.2. The molecule has 0 radical (unpaired) electrons. The van der Waals surface area contributed by atoms with Crippen LogP contribution >= 0.6 is 0 Å². The van der Waals surface area contributed by atoms with Crippen molar-refractivity contribution in [3.63, 3.8) is 0 Å². The van der Waals surface area contributed by atoms with Crippen LogP contribution in [0.2, 0.25) is 0 Å². The van der Waals surface area contributed by atoms with Crippen LogP contribution in [-0.2, 0) is 9.59 Å². The van der Waals surface area contributed by atoms with E-state index in [0.29, 0.717) is 12.0 Å². The fourth-order valence-electron chi connectivity index (χ4n) is 7.38. The van der Waals surface area contributed by atoms with E-state index in [1.54, 1.807) is 19.9 Å². The molecule has 0 spiro atoms. The first-order chi connectivity index (χ1) is 13.0. The topological polar surface area (TPSA) is 94.8 Å².